The van der Waals surface area contributed by atoms with Gasteiger partial charge in [0.2, 0.25) is 5.91 Å². The van der Waals surface area contributed by atoms with Crippen molar-refractivity contribution in [3.63, 3.8) is 0 Å². The Hall–Kier alpha value is -3.50. The van der Waals surface area contributed by atoms with Gasteiger partial charge >= 0.3 is 5.69 Å². The number of hydrogen-bond acceptors (Lipinski definition) is 7. The second-order valence-electron chi connectivity index (χ2n) is 5.35. The first kappa shape index (κ1) is 18.8. The van der Waals surface area contributed by atoms with E-state index in [9.17, 15) is 25.0 Å². The third-order valence-corrected chi connectivity index (χ3v) is 3.70. The lowest BCUT2D eigenvalue weighted by atomic mass is 10.2. The lowest BCUT2D eigenvalue weighted by molar-refractivity contribution is -0.385. The molecule has 0 aliphatic heterocycles. The van der Waals surface area contributed by atoms with E-state index < -0.39 is 21.8 Å². The summed E-state index contributed by atoms with van der Waals surface area (Å²) < 4.78 is 6.41. The first-order chi connectivity index (χ1) is 12.3. The number of amides is 1. The van der Waals surface area contributed by atoms with Gasteiger partial charge in [0.1, 0.15) is 29.4 Å². The van der Waals surface area contributed by atoms with E-state index in [1.165, 1.54) is 36.7 Å². The number of nitro benzene ring substituents is 1. The van der Waals surface area contributed by atoms with Gasteiger partial charge in [-0.1, -0.05) is 0 Å². The molecule has 2 aromatic rings. The van der Waals surface area contributed by atoms with Crippen LogP contribution in [0.2, 0.25) is 0 Å². The van der Waals surface area contributed by atoms with Gasteiger partial charge in [-0.15, -0.1) is 0 Å². The van der Waals surface area contributed by atoms with Gasteiger partial charge in [0, 0.05) is 0 Å². The predicted molar refractivity (Wildman–Crippen MR) is 91.2 cm³/mol. The molecular formula is C15H17N5O6. The Morgan fingerprint density at radius 2 is 1.96 bits per heavy atom. The molecule has 1 aromatic heterocycles. The second-order valence-corrected chi connectivity index (χ2v) is 5.35. The molecule has 0 spiro atoms. The normalized spacial score (nSPS) is 11.7. The Morgan fingerprint density at radius 3 is 2.50 bits per heavy atom. The number of nitro groups is 2. The lowest BCUT2D eigenvalue weighted by Crippen LogP contribution is -2.25. The highest BCUT2D eigenvalue weighted by molar-refractivity contribution is 5.95. The molecule has 0 fully saturated rings. The summed E-state index contributed by atoms with van der Waals surface area (Å²) in [5.41, 5.74) is -0.329. The molecule has 1 unspecified atom stereocenters. The van der Waals surface area contributed by atoms with Crippen LogP contribution in [0.5, 0.6) is 5.75 Å². The Kier molecular flexibility index (Phi) is 5.50. The molecule has 11 heteroatoms. The number of nitrogens with zero attached hydrogens (tertiary/aromatic N) is 4. The molecule has 1 amide bonds. The van der Waals surface area contributed by atoms with Gasteiger partial charge in [0.15, 0.2) is 0 Å². The molecule has 26 heavy (non-hydrogen) atoms. The Morgan fingerprint density at radius 1 is 1.31 bits per heavy atom. The number of carbonyl (C=O) groups excluding carboxylic acids is 1. The number of nitrogens with one attached hydrogen (secondary N) is 1. The van der Waals surface area contributed by atoms with E-state index in [-0.39, 0.29) is 22.8 Å². The number of rotatable bonds is 7. The van der Waals surface area contributed by atoms with Crippen LogP contribution in [-0.2, 0) is 4.79 Å². The molecule has 138 valence electrons. The summed E-state index contributed by atoms with van der Waals surface area (Å²) in [5, 5.41) is 28.4. The first-order valence-corrected chi connectivity index (χ1v) is 7.66. The summed E-state index contributed by atoms with van der Waals surface area (Å²) in [6.45, 7) is 5.04. The van der Waals surface area contributed by atoms with Gasteiger partial charge in [0.25, 0.3) is 5.69 Å². The molecule has 0 bridgehead atoms. The standard InChI is InChI=1S/C15H17N5O6/c1-4-26-11-5-6-12(13(7-11)19(22)23)17-15(21)10(3)18-9(2)14(8-16-18)20(24)25/h5-8,10H,4H2,1-3H3,(H,17,21). The summed E-state index contributed by atoms with van der Waals surface area (Å²) in [5.74, 6) is -0.290. The van der Waals surface area contributed by atoms with Crippen LogP contribution in [0, 0.1) is 27.2 Å². The van der Waals surface area contributed by atoms with Crippen molar-refractivity contribution in [1.82, 2.24) is 9.78 Å². The molecule has 0 saturated carbocycles. The Bertz CT molecular complexity index is 862. The molecule has 2 rings (SSSR count). The van der Waals surface area contributed by atoms with Crippen molar-refractivity contribution in [3.8, 4) is 5.75 Å². The van der Waals surface area contributed by atoms with E-state index in [0.29, 0.717) is 12.4 Å². The number of hydrogen-bond donors (Lipinski definition) is 1. The minimum atomic E-state index is -0.908. The summed E-state index contributed by atoms with van der Waals surface area (Å²) in [4.78, 5) is 33.3. The minimum absolute atomic E-state index is 0.00499. The molecule has 0 aliphatic carbocycles. The molecule has 1 aromatic carbocycles. The van der Waals surface area contributed by atoms with E-state index in [0.717, 1.165) is 6.20 Å². The zero-order chi connectivity index (χ0) is 19.4. The summed E-state index contributed by atoms with van der Waals surface area (Å²) in [7, 11) is 0. The molecule has 0 radical (unpaired) electrons. The zero-order valence-corrected chi connectivity index (χ0v) is 14.3. The highest BCUT2D eigenvalue weighted by Crippen LogP contribution is 2.30. The molecule has 11 nitrogen and oxygen atoms in total. The Balaban J connectivity index is 2.26. The molecular weight excluding hydrogens is 346 g/mol. The average Bonchev–Trinajstić information content (AvgIpc) is 2.97. The maximum absolute atomic E-state index is 12.4. The van der Waals surface area contributed by atoms with Crippen LogP contribution in [-0.4, -0.2) is 32.1 Å². The fourth-order valence-corrected chi connectivity index (χ4v) is 2.36. The fraction of sp³-hybridized carbons (Fsp3) is 0.333. The molecule has 1 atom stereocenters. The van der Waals surface area contributed by atoms with Gasteiger partial charge in [-0.2, -0.15) is 5.10 Å². The number of aromatic nitrogens is 2. The SMILES string of the molecule is CCOc1ccc(NC(=O)C(C)n2ncc([N+](=O)[O-])c2C)c([N+](=O)[O-])c1. The van der Waals surface area contributed by atoms with Crippen molar-refractivity contribution in [2.75, 3.05) is 11.9 Å². The fourth-order valence-electron chi connectivity index (χ4n) is 2.36. The molecule has 1 heterocycles. The summed E-state index contributed by atoms with van der Waals surface area (Å²) >= 11 is 0. The predicted octanol–water partition coefficient (Wildman–Crippen LogP) is 2.61. The summed E-state index contributed by atoms with van der Waals surface area (Å²) in [6, 6.07) is 3.18. The average molecular weight is 363 g/mol. The van der Waals surface area contributed by atoms with E-state index in [4.69, 9.17) is 4.74 Å². The highest BCUT2D eigenvalue weighted by Gasteiger charge is 2.25. The van der Waals surface area contributed by atoms with Crippen LogP contribution in [0.1, 0.15) is 25.6 Å². The monoisotopic (exact) mass is 363 g/mol. The van der Waals surface area contributed by atoms with Gasteiger partial charge in [-0.25, -0.2) is 0 Å². The van der Waals surface area contributed by atoms with E-state index >= 15 is 0 Å². The van der Waals surface area contributed by atoms with Gasteiger partial charge in [-0.3, -0.25) is 29.7 Å². The van der Waals surface area contributed by atoms with Gasteiger partial charge in [-0.05, 0) is 32.9 Å². The number of ether oxygens (including phenoxy) is 1. The van der Waals surface area contributed by atoms with Crippen LogP contribution < -0.4 is 10.1 Å². The van der Waals surface area contributed by atoms with Crippen LogP contribution in [0.15, 0.2) is 24.4 Å². The molecule has 1 N–H and O–H groups in total. The summed E-state index contributed by atoms with van der Waals surface area (Å²) in [6.07, 6.45) is 1.05. The number of carbonyl (C=O) groups is 1. The Labute approximate surface area is 147 Å². The van der Waals surface area contributed by atoms with Crippen molar-refractivity contribution < 1.29 is 19.4 Å². The van der Waals surface area contributed by atoms with E-state index in [2.05, 4.69) is 10.4 Å². The minimum Gasteiger partial charge on any atom is -0.494 e. The van der Waals surface area contributed by atoms with Crippen molar-refractivity contribution in [3.05, 3.63) is 50.3 Å². The molecule has 0 aliphatic rings. The number of anilines is 1. The van der Waals surface area contributed by atoms with Crippen molar-refractivity contribution in [2.45, 2.75) is 26.8 Å². The van der Waals surface area contributed by atoms with Crippen LogP contribution in [0.4, 0.5) is 17.1 Å². The zero-order valence-electron chi connectivity index (χ0n) is 14.3. The maximum atomic E-state index is 12.4. The van der Waals surface area contributed by atoms with E-state index in [1.54, 1.807) is 6.92 Å². The highest BCUT2D eigenvalue weighted by atomic mass is 16.6. The van der Waals surface area contributed by atoms with Crippen molar-refractivity contribution in [2.24, 2.45) is 0 Å². The third-order valence-electron chi connectivity index (χ3n) is 3.70. The lowest BCUT2D eigenvalue weighted by Gasteiger charge is -2.14. The van der Waals surface area contributed by atoms with Gasteiger partial charge < -0.3 is 10.1 Å². The number of benzene rings is 1. The van der Waals surface area contributed by atoms with Crippen molar-refractivity contribution >= 4 is 23.0 Å². The van der Waals surface area contributed by atoms with E-state index in [1.807, 2.05) is 0 Å². The third kappa shape index (κ3) is 3.77. The maximum Gasteiger partial charge on any atom is 0.309 e. The van der Waals surface area contributed by atoms with Gasteiger partial charge in [0.05, 0.1) is 22.5 Å². The topological polar surface area (TPSA) is 142 Å². The largest absolute Gasteiger partial charge is 0.494 e. The quantitative estimate of drug-likeness (QED) is 0.588. The second kappa shape index (κ2) is 7.59. The van der Waals surface area contributed by atoms with Crippen LogP contribution >= 0.6 is 0 Å². The van der Waals surface area contributed by atoms with Crippen LogP contribution in [0.25, 0.3) is 0 Å². The van der Waals surface area contributed by atoms with Crippen LogP contribution in [0.3, 0.4) is 0 Å². The molecule has 0 saturated heterocycles. The smallest absolute Gasteiger partial charge is 0.309 e. The first-order valence-electron chi connectivity index (χ1n) is 7.66. The van der Waals surface area contributed by atoms with Crippen molar-refractivity contribution in [1.29, 1.82) is 0 Å².